The number of carbonyl (C=O) groups is 2. The maximum Gasteiger partial charge on any atom is 0.293 e. The molecule has 0 aliphatic carbocycles. The highest BCUT2D eigenvalue weighted by Crippen LogP contribution is 2.34. The molecule has 0 unspecified atom stereocenters. The minimum Gasteiger partial charge on any atom is -0.489 e. The average molecular weight is 520 g/mol. The molecule has 1 saturated heterocycles. The summed E-state index contributed by atoms with van der Waals surface area (Å²) in [5.74, 6) is 0.378. The highest BCUT2D eigenvalue weighted by atomic mass is 35.5. The molecule has 0 spiro atoms. The van der Waals surface area contributed by atoms with Gasteiger partial charge in [0.05, 0.1) is 11.4 Å². The number of nitrogens with zero attached hydrogens (tertiary/aromatic N) is 1. The van der Waals surface area contributed by atoms with Crippen LogP contribution in [0.4, 0.5) is 4.79 Å². The first-order valence-corrected chi connectivity index (χ1v) is 12.4. The molecule has 174 valence electrons. The van der Waals surface area contributed by atoms with Crippen molar-refractivity contribution in [2.24, 2.45) is 0 Å². The van der Waals surface area contributed by atoms with Crippen LogP contribution in [0.25, 0.3) is 16.8 Å². The Morgan fingerprint density at radius 1 is 0.857 bits per heavy atom. The van der Waals surface area contributed by atoms with Crippen LogP contribution in [0.1, 0.15) is 16.7 Å². The molecule has 1 heterocycles. The number of rotatable bonds is 6. The number of carbonyl (C=O) groups excluding carboxylic acids is 2. The summed E-state index contributed by atoms with van der Waals surface area (Å²) in [6.45, 7) is 0.551. The number of fused-ring (bicyclic) bond motifs is 1. The monoisotopic (exact) mass is 519 g/mol. The highest BCUT2D eigenvalue weighted by molar-refractivity contribution is 8.18. The first-order valence-electron chi connectivity index (χ1n) is 10.9. The van der Waals surface area contributed by atoms with Crippen LogP contribution in [0.15, 0.2) is 89.8 Å². The van der Waals surface area contributed by atoms with Crippen LogP contribution in [-0.2, 0) is 17.9 Å². The van der Waals surface area contributed by atoms with Crippen LogP contribution in [0.5, 0.6) is 5.75 Å². The first kappa shape index (κ1) is 23.5. The molecule has 1 aliphatic rings. The van der Waals surface area contributed by atoms with E-state index in [1.165, 1.54) is 4.90 Å². The summed E-state index contributed by atoms with van der Waals surface area (Å²) in [5.41, 5.74) is 2.55. The molecular formula is C28H19Cl2NO3S. The van der Waals surface area contributed by atoms with Crippen molar-refractivity contribution in [3.63, 3.8) is 0 Å². The van der Waals surface area contributed by atoms with E-state index in [4.69, 9.17) is 27.9 Å². The van der Waals surface area contributed by atoms with Crippen molar-refractivity contribution in [1.29, 1.82) is 0 Å². The first-order chi connectivity index (χ1) is 17.0. The maximum absolute atomic E-state index is 12.9. The zero-order chi connectivity index (χ0) is 24.4. The lowest BCUT2D eigenvalue weighted by Crippen LogP contribution is -2.27. The summed E-state index contributed by atoms with van der Waals surface area (Å²) >= 11 is 13.1. The molecule has 0 atom stereocenters. The van der Waals surface area contributed by atoms with Crippen molar-refractivity contribution in [2.75, 3.05) is 0 Å². The molecule has 0 radical (unpaired) electrons. The van der Waals surface area contributed by atoms with Crippen molar-refractivity contribution in [3.8, 4) is 5.75 Å². The van der Waals surface area contributed by atoms with E-state index in [1.54, 1.807) is 18.2 Å². The Balaban J connectivity index is 1.25. The van der Waals surface area contributed by atoms with Gasteiger partial charge in [0, 0.05) is 15.6 Å². The molecule has 0 saturated carbocycles. The minimum absolute atomic E-state index is 0.243. The summed E-state index contributed by atoms with van der Waals surface area (Å²) in [7, 11) is 0. The number of amides is 2. The number of imide groups is 1. The number of hydrogen-bond acceptors (Lipinski definition) is 4. The van der Waals surface area contributed by atoms with Gasteiger partial charge in [-0.3, -0.25) is 14.5 Å². The van der Waals surface area contributed by atoms with E-state index in [9.17, 15) is 9.59 Å². The topological polar surface area (TPSA) is 46.6 Å². The van der Waals surface area contributed by atoms with Crippen LogP contribution < -0.4 is 4.74 Å². The van der Waals surface area contributed by atoms with Gasteiger partial charge in [-0.2, -0.15) is 0 Å². The molecule has 35 heavy (non-hydrogen) atoms. The van der Waals surface area contributed by atoms with Gasteiger partial charge in [-0.05, 0) is 70.1 Å². The van der Waals surface area contributed by atoms with E-state index in [0.717, 1.165) is 39.2 Å². The highest BCUT2D eigenvalue weighted by Gasteiger charge is 2.35. The fourth-order valence-electron chi connectivity index (χ4n) is 3.77. The SMILES string of the molecule is O=C1S/C(=C/c2ccc(OCc3ccc(Cl)cc3Cl)cc2)C(=O)N1Cc1ccc2ccccc2c1. The second-order valence-electron chi connectivity index (χ2n) is 8.04. The Hall–Kier alpha value is -3.25. The van der Waals surface area contributed by atoms with Crippen LogP contribution in [0.3, 0.4) is 0 Å². The van der Waals surface area contributed by atoms with E-state index in [0.29, 0.717) is 27.3 Å². The van der Waals surface area contributed by atoms with Crippen LogP contribution in [0, 0.1) is 0 Å². The zero-order valence-corrected chi connectivity index (χ0v) is 20.7. The summed E-state index contributed by atoms with van der Waals surface area (Å²) in [4.78, 5) is 27.2. The third-order valence-electron chi connectivity index (χ3n) is 5.62. The van der Waals surface area contributed by atoms with Gasteiger partial charge >= 0.3 is 0 Å². The summed E-state index contributed by atoms with van der Waals surface area (Å²) in [6, 6.07) is 26.6. The lowest BCUT2D eigenvalue weighted by Gasteiger charge is -2.13. The van der Waals surface area contributed by atoms with Gasteiger partial charge in [-0.15, -0.1) is 0 Å². The van der Waals surface area contributed by atoms with Crippen molar-refractivity contribution < 1.29 is 14.3 Å². The van der Waals surface area contributed by atoms with Gasteiger partial charge in [0.25, 0.3) is 11.1 Å². The quantitative estimate of drug-likeness (QED) is 0.242. The molecule has 0 aromatic heterocycles. The number of hydrogen-bond donors (Lipinski definition) is 0. The average Bonchev–Trinajstić information content (AvgIpc) is 3.11. The van der Waals surface area contributed by atoms with Crippen LogP contribution in [-0.4, -0.2) is 16.0 Å². The summed E-state index contributed by atoms with van der Waals surface area (Å²) < 4.78 is 5.81. The molecule has 0 N–H and O–H groups in total. The van der Waals surface area contributed by atoms with Crippen molar-refractivity contribution >= 4 is 63.0 Å². The number of halogens is 2. The number of benzene rings is 4. The van der Waals surface area contributed by atoms with Crippen LogP contribution in [0.2, 0.25) is 10.0 Å². The Bertz CT molecular complexity index is 1470. The van der Waals surface area contributed by atoms with Gasteiger partial charge in [0.15, 0.2) is 0 Å². The summed E-state index contributed by atoms with van der Waals surface area (Å²) in [6.07, 6.45) is 1.73. The van der Waals surface area contributed by atoms with E-state index < -0.39 is 0 Å². The Morgan fingerprint density at radius 2 is 1.63 bits per heavy atom. The second-order valence-corrected chi connectivity index (χ2v) is 9.88. The normalized spacial score (nSPS) is 14.8. The van der Waals surface area contributed by atoms with Crippen molar-refractivity contribution in [1.82, 2.24) is 4.90 Å². The molecule has 0 bridgehead atoms. The Labute approximate surface area is 217 Å². The van der Waals surface area contributed by atoms with E-state index in [-0.39, 0.29) is 17.7 Å². The van der Waals surface area contributed by atoms with E-state index in [2.05, 4.69) is 0 Å². The third kappa shape index (κ3) is 5.38. The molecule has 1 aliphatic heterocycles. The predicted molar refractivity (Wildman–Crippen MR) is 143 cm³/mol. The molecular weight excluding hydrogens is 501 g/mol. The Morgan fingerprint density at radius 3 is 2.40 bits per heavy atom. The molecule has 4 nitrogen and oxygen atoms in total. The largest absolute Gasteiger partial charge is 0.489 e. The molecule has 5 rings (SSSR count). The molecule has 4 aromatic carbocycles. The van der Waals surface area contributed by atoms with Gasteiger partial charge in [-0.25, -0.2) is 0 Å². The fraction of sp³-hybridized carbons (Fsp3) is 0.0714. The third-order valence-corrected chi connectivity index (χ3v) is 7.11. The maximum atomic E-state index is 12.9. The standard InChI is InChI=1S/C28H19Cl2NO3S/c29-23-10-9-22(25(30)15-23)17-34-24-11-6-18(7-12-24)14-26-27(32)31(28(33)35-26)16-19-5-8-20-3-1-2-4-21(20)13-19/h1-15H,16-17H2/b26-14+. The van der Waals surface area contributed by atoms with E-state index in [1.807, 2.05) is 72.8 Å². The zero-order valence-electron chi connectivity index (χ0n) is 18.4. The Kier molecular flexibility index (Phi) is 6.82. The van der Waals surface area contributed by atoms with Gasteiger partial charge in [0.2, 0.25) is 0 Å². The lowest BCUT2D eigenvalue weighted by atomic mass is 10.1. The van der Waals surface area contributed by atoms with Crippen molar-refractivity contribution in [2.45, 2.75) is 13.2 Å². The lowest BCUT2D eigenvalue weighted by molar-refractivity contribution is -0.123. The van der Waals surface area contributed by atoms with Crippen LogP contribution >= 0.6 is 35.0 Å². The van der Waals surface area contributed by atoms with Gasteiger partial charge in [-0.1, -0.05) is 77.8 Å². The number of ether oxygens (including phenoxy) is 1. The molecule has 7 heteroatoms. The van der Waals surface area contributed by atoms with Crippen molar-refractivity contribution in [3.05, 3.63) is 117 Å². The smallest absolute Gasteiger partial charge is 0.293 e. The molecule has 2 amide bonds. The van der Waals surface area contributed by atoms with Gasteiger partial charge < -0.3 is 4.74 Å². The fourth-order valence-corrected chi connectivity index (χ4v) is 5.07. The molecule has 1 fully saturated rings. The van der Waals surface area contributed by atoms with E-state index >= 15 is 0 Å². The minimum atomic E-state index is -0.286. The van der Waals surface area contributed by atoms with Gasteiger partial charge in [0.1, 0.15) is 12.4 Å². The number of thioether (sulfide) groups is 1. The predicted octanol–water partition coefficient (Wildman–Crippen LogP) is 7.96. The summed E-state index contributed by atoms with van der Waals surface area (Å²) in [5, 5.41) is 3.05. The second kappa shape index (κ2) is 10.2. The molecule has 4 aromatic rings.